The lowest BCUT2D eigenvalue weighted by Crippen LogP contribution is -1.99. The van der Waals surface area contributed by atoms with Crippen LogP contribution in [0.2, 0.25) is 0 Å². The molecular formula is C27H27NS4. The first-order chi connectivity index (χ1) is 15.7. The van der Waals surface area contributed by atoms with E-state index in [4.69, 9.17) is 0 Å². The summed E-state index contributed by atoms with van der Waals surface area (Å²) in [7, 11) is 0. The molecule has 6 aromatic rings. The Labute approximate surface area is 204 Å². The fourth-order valence-electron chi connectivity index (χ4n) is 4.66. The van der Waals surface area contributed by atoms with Crippen LogP contribution in [0.25, 0.3) is 49.7 Å². The maximum atomic E-state index is 3.68. The Bertz CT molecular complexity index is 1560. The van der Waals surface area contributed by atoms with Crippen LogP contribution in [0.5, 0.6) is 0 Å². The van der Waals surface area contributed by atoms with Gasteiger partial charge in [-0.1, -0.05) is 39.0 Å². The van der Waals surface area contributed by atoms with Crippen LogP contribution in [0, 0.1) is 6.92 Å². The third-order valence-electron chi connectivity index (χ3n) is 6.31. The van der Waals surface area contributed by atoms with E-state index < -0.39 is 0 Å². The SMILES string of the molecule is CCCCCCCCNc1cc2cc3c(cc2s1)sc1c2cc4cc(C)sc4cc2sc31. The normalized spacial score (nSPS) is 12.3. The highest BCUT2D eigenvalue weighted by atomic mass is 32.1. The molecule has 0 spiro atoms. The van der Waals surface area contributed by atoms with Crippen LogP contribution >= 0.6 is 45.3 Å². The monoisotopic (exact) mass is 493 g/mol. The van der Waals surface area contributed by atoms with E-state index in [1.165, 1.54) is 98.1 Å². The van der Waals surface area contributed by atoms with Crippen molar-refractivity contribution in [3.63, 3.8) is 0 Å². The van der Waals surface area contributed by atoms with Crippen LogP contribution < -0.4 is 5.32 Å². The number of fused-ring (bicyclic) bond motifs is 7. The zero-order chi connectivity index (χ0) is 21.7. The van der Waals surface area contributed by atoms with E-state index in [1.807, 2.05) is 45.3 Å². The minimum atomic E-state index is 1.09. The van der Waals surface area contributed by atoms with Crippen LogP contribution in [0.1, 0.15) is 50.3 Å². The molecule has 0 fully saturated rings. The van der Waals surface area contributed by atoms with Gasteiger partial charge in [-0.15, -0.1) is 45.3 Å². The Morgan fingerprint density at radius 2 is 1.25 bits per heavy atom. The minimum Gasteiger partial charge on any atom is -0.377 e. The van der Waals surface area contributed by atoms with Gasteiger partial charge in [0.15, 0.2) is 0 Å². The fraction of sp³-hybridized carbons (Fsp3) is 0.333. The predicted molar refractivity (Wildman–Crippen MR) is 152 cm³/mol. The molecule has 0 saturated carbocycles. The van der Waals surface area contributed by atoms with E-state index in [9.17, 15) is 0 Å². The van der Waals surface area contributed by atoms with Gasteiger partial charge in [0.25, 0.3) is 0 Å². The Morgan fingerprint density at radius 1 is 0.625 bits per heavy atom. The predicted octanol–water partition coefficient (Wildman–Crippen LogP) is 10.8. The van der Waals surface area contributed by atoms with Crippen LogP contribution in [0.15, 0.2) is 36.4 Å². The first kappa shape index (κ1) is 20.9. The van der Waals surface area contributed by atoms with Crippen LogP contribution in [0.3, 0.4) is 0 Å². The van der Waals surface area contributed by atoms with E-state index in [2.05, 4.69) is 55.6 Å². The highest BCUT2D eigenvalue weighted by Gasteiger charge is 2.15. The Hall–Kier alpha value is -1.66. The van der Waals surface area contributed by atoms with Gasteiger partial charge < -0.3 is 5.32 Å². The maximum absolute atomic E-state index is 3.68. The quantitative estimate of drug-likeness (QED) is 0.208. The lowest BCUT2D eigenvalue weighted by atomic mass is 10.1. The van der Waals surface area contributed by atoms with Gasteiger partial charge in [0, 0.05) is 41.0 Å². The molecule has 4 heterocycles. The Kier molecular flexibility index (Phi) is 5.62. The van der Waals surface area contributed by atoms with E-state index in [-0.39, 0.29) is 0 Å². The Balaban J connectivity index is 1.29. The third kappa shape index (κ3) is 3.73. The molecule has 0 bridgehead atoms. The van der Waals surface area contributed by atoms with Crippen molar-refractivity contribution in [2.24, 2.45) is 0 Å². The number of thiophene rings is 4. The van der Waals surface area contributed by atoms with Gasteiger partial charge in [0.2, 0.25) is 0 Å². The molecule has 1 nitrogen and oxygen atoms in total. The standard InChI is InChI=1S/C27H27NS4/c1-3-4-5-6-7-8-9-28-25-13-18-12-20-24(15-22(18)30-25)32-26-19-11-17-10-16(2)29-21(17)14-23(19)31-27(20)26/h10-15,28H,3-9H2,1-2H3. The second-order valence-electron chi connectivity index (χ2n) is 8.80. The topological polar surface area (TPSA) is 12.0 Å². The molecule has 0 aliphatic carbocycles. The summed E-state index contributed by atoms with van der Waals surface area (Å²) in [4.78, 5) is 1.39. The molecule has 0 amide bonds. The average Bonchev–Trinajstić information content (AvgIpc) is 3.50. The summed E-state index contributed by atoms with van der Waals surface area (Å²) in [5.41, 5.74) is 0. The molecule has 0 aliphatic heterocycles. The first-order valence-electron chi connectivity index (χ1n) is 11.7. The fourth-order valence-corrected chi connectivity index (χ4v) is 9.45. The number of unbranched alkanes of at least 4 members (excludes halogenated alkanes) is 5. The van der Waals surface area contributed by atoms with Crippen molar-refractivity contribution in [1.82, 2.24) is 0 Å². The number of benzene rings is 2. The largest absolute Gasteiger partial charge is 0.377 e. The van der Waals surface area contributed by atoms with E-state index in [1.54, 1.807) is 0 Å². The van der Waals surface area contributed by atoms with Crippen molar-refractivity contribution >= 4 is 100 Å². The molecule has 0 aliphatic rings. The van der Waals surface area contributed by atoms with Crippen molar-refractivity contribution in [2.75, 3.05) is 11.9 Å². The van der Waals surface area contributed by atoms with Gasteiger partial charge in [-0.2, -0.15) is 0 Å². The molecule has 164 valence electrons. The van der Waals surface area contributed by atoms with E-state index >= 15 is 0 Å². The summed E-state index contributed by atoms with van der Waals surface area (Å²) in [5, 5.41) is 10.6. The third-order valence-corrected chi connectivity index (χ3v) is 10.9. The van der Waals surface area contributed by atoms with E-state index in [0.717, 1.165) is 6.54 Å². The maximum Gasteiger partial charge on any atom is 0.0894 e. The summed E-state index contributed by atoms with van der Waals surface area (Å²) < 4.78 is 8.58. The molecule has 1 N–H and O–H groups in total. The Morgan fingerprint density at radius 3 is 1.97 bits per heavy atom. The number of hydrogen-bond acceptors (Lipinski definition) is 5. The molecule has 0 atom stereocenters. The summed E-state index contributed by atoms with van der Waals surface area (Å²) in [5.74, 6) is 0. The number of aryl methyl sites for hydroxylation is 1. The molecule has 2 aromatic carbocycles. The zero-order valence-corrected chi connectivity index (χ0v) is 21.8. The number of hydrogen-bond donors (Lipinski definition) is 1. The van der Waals surface area contributed by atoms with Gasteiger partial charge >= 0.3 is 0 Å². The van der Waals surface area contributed by atoms with Crippen LogP contribution in [-0.2, 0) is 0 Å². The van der Waals surface area contributed by atoms with Crippen molar-refractivity contribution in [3.05, 3.63) is 41.3 Å². The number of anilines is 1. The summed E-state index contributed by atoms with van der Waals surface area (Å²) in [6, 6.07) is 14.3. The average molecular weight is 494 g/mol. The van der Waals surface area contributed by atoms with Crippen molar-refractivity contribution in [3.8, 4) is 0 Å². The molecule has 0 saturated heterocycles. The summed E-state index contributed by atoms with van der Waals surface area (Å²) in [6.07, 6.45) is 8.08. The molecular weight excluding hydrogens is 467 g/mol. The molecule has 0 radical (unpaired) electrons. The molecule has 6 rings (SSSR count). The zero-order valence-electron chi connectivity index (χ0n) is 18.5. The van der Waals surface area contributed by atoms with Gasteiger partial charge in [0.05, 0.1) is 14.4 Å². The van der Waals surface area contributed by atoms with Gasteiger partial charge in [-0.05, 0) is 60.5 Å². The molecule has 32 heavy (non-hydrogen) atoms. The van der Waals surface area contributed by atoms with Gasteiger partial charge in [-0.25, -0.2) is 0 Å². The number of nitrogens with one attached hydrogen (secondary N) is 1. The highest BCUT2D eigenvalue weighted by Crippen LogP contribution is 2.47. The van der Waals surface area contributed by atoms with Crippen molar-refractivity contribution in [1.29, 1.82) is 0 Å². The summed E-state index contributed by atoms with van der Waals surface area (Å²) >= 11 is 7.75. The lowest BCUT2D eigenvalue weighted by Gasteiger charge is -2.03. The van der Waals surface area contributed by atoms with Crippen LogP contribution in [0.4, 0.5) is 5.00 Å². The highest BCUT2D eigenvalue weighted by molar-refractivity contribution is 7.37. The second-order valence-corrected chi connectivity index (χ2v) is 13.3. The second kappa shape index (κ2) is 8.60. The van der Waals surface area contributed by atoms with Crippen molar-refractivity contribution < 1.29 is 0 Å². The first-order valence-corrected chi connectivity index (χ1v) is 14.9. The minimum absolute atomic E-state index is 1.09. The van der Waals surface area contributed by atoms with E-state index in [0.29, 0.717) is 0 Å². The summed E-state index contributed by atoms with van der Waals surface area (Å²) in [6.45, 7) is 5.57. The van der Waals surface area contributed by atoms with Gasteiger partial charge in [-0.3, -0.25) is 0 Å². The molecule has 4 aromatic heterocycles. The molecule has 0 unspecified atom stereocenters. The molecule has 5 heteroatoms. The van der Waals surface area contributed by atoms with Gasteiger partial charge in [0.1, 0.15) is 0 Å². The number of rotatable bonds is 8. The smallest absolute Gasteiger partial charge is 0.0894 e. The lowest BCUT2D eigenvalue weighted by molar-refractivity contribution is 0.617. The van der Waals surface area contributed by atoms with Crippen molar-refractivity contribution in [2.45, 2.75) is 52.4 Å². The van der Waals surface area contributed by atoms with Crippen LogP contribution in [-0.4, -0.2) is 6.54 Å².